The molecule has 1 aromatic carbocycles. The summed E-state index contributed by atoms with van der Waals surface area (Å²) >= 11 is 1.48. The lowest BCUT2D eigenvalue weighted by atomic mass is 9.97. The Morgan fingerprint density at radius 3 is 2.62 bits per heavy atom. The van der Waals surface area contributed by atoms with E-state index < -0.39 is 11.7 Å². The van der Waals surface area contributed by atoms with Crippen LogP contribution in [0.15, 0.2) is 23.2 Å². The van der Waals surface area contributed by atoms with E-state index in [4.69, 9.17) is 5.26 Å². The van der Waals surface area contributed by atoms with Crippen molar-refractivity contribution in [3.63, 3.8) is 0 Å². The summed E-state index contributed by atoms with van der Waals surface area (Å²) < 4.78 is 38.6. The van der Waals surface area contributed by atoms with Gasteiger partial charge in [0.25, 0.3) is 0 Å². The van der Waals surface area contributed by atoms with Crippen molar-refractivity contribution in [1.82, 2.24) is 0 Å². The highest BCUT2D eigenvalue weighted by molar-refractivity contribution is 8.14. The van der Waals surface area contributed by atoms with E-state index in [9.17, 15) is 13.2 Å². The van der Waals surface area contributed by atoms with E-state index in [1.54, 1.807) is 6.07 Å². The Balaban J connectivity index is 2.23. The Kier molecular flexibility index (Phi) is 4.19. The van der Waals surface area contributed by atoms with E-state index in [0.29, 0.717) is 11.7 Å². The van der Waals surface area contributed by atoms with Gasteiger partial charge in [0.15, 0.2) is 5.17 Å². The molecule has 3 nitrogen and oxygen atoms in total. The molecule has 0 bridgehead atoms. The van der Waals surface area contributed by atoms with Gasteiger partial charge in [0.2, 0.25) is 0 Å². The molecule has 0 aromatic heterocycles. The Bertz CT molecular complexity index is 615. The van der Waals surface area contributed by atoms with Gasteiger partial charge in [0.05, 0.1) is 17.2 Å². The fourth-order valence-corrected chi connectivity index (χ4v) is 2.76. The molecule has 2 rings (SSSR count). The van der Waals surface area contributed by atoms with Crippen LogP contribution < -0.4 is 5.32 Å². The monoisotopic (exact) mass is 313 g/mol. The number of nitrogens with zero attached hydrogens (tertiary/aromatic N) is 2. The lowest BCUT2D eigenvalue weighted by Gasteiger charge is -2.27. The van der Waals surface area contributed by atoms with Crippen LogP contribution >= 0.6 is 11.8 Å². The average molecular weight is 313 g/mol. The molecule has 1 N–H and O–H groups in total. The highest BCUT2D eigenvalue weighted by Gasteiger charge is 2.34. The van der Waals surface area contributed by atoms with Crippen LogP contribution in [0.2, 0.25) is 0 Å². The number of hydrogen-bond donors (Lipinski definition) is 1. The molecule has 7 heteroatoms. The number of aliphatic imine (C=N–C) groups is 1. The van der Waals surface area contributed by atoms with Crippen molar-refractivity contribution in [3.8, 4) is 6.07 Å². The van der Waals surface area contributed by atoms with Gasteiger partial charge in [-0.15, -0.1) is 0 Å². The van der Waals surface area contributed by atoms with Gasteiger partial charge >= 0.3 is 6.18 Å². The molecule has 1 aliphatic heterocycles. The lowest BCUT2D eigenvalue weighted by Crippen LogP contribution is -2.27. The van der Waals surface area contributed by atoms with E-state index in [2.05, 4.69) is 24.2 Å². The summed E-state index contributed by atoms with van der Waals surface area (Å²) in [6.45, 7) is 4.80. The Morgan fingerprint density at radius 2 is 2.10 bits per heavy atom. The molecular formula is C14H14F3N3S. The first kappa shape index (κ1) is 15.7. The molecule has 0 amide bonds. The maximum atomic E-state index is 12.9. The van der Waals surface area contributed by atoms with E-state index in [1.807, 2.05) is 0 Å². The largest absolute Gasteiger partial charge is 0.417 e. The molecule has 1 aliphatic rings. The highest BCUT2D eigenvalue weighted by Crippen LogP contribution is 2.34. The van der Waals surface area contributed by atoms with Gasteiger partial charge in [-0.3, -0.25) is 4.99 Å². The smallest absolute Gasteiger partial charge is 0.335 e. The minimum Gasteiger partial charge on any atom is -0.335 e. The minimum absolute atomic E-state index is 0.0949. The summed E-state index contributed by atoms with van der Waals surface area (Å²) in [4.78, 5) is 4.33. The third-order valence-corrected chi connectivity index (χ3v) is 4.38. The molecule has 1 heterocycles. The summed E-state index contributed by atoms with van der Waals surface area (Å²) in [6, 6.07) is 5.13. The molecule has 0 radical (unpaired) electrons. The fourth-order valence-electron chi connectivity index (χ4n) is 1.79. The number of halogens is 3. The minimum atomic E-state index is -4.55. The van der Waals surface area contributed by atoms with Crippen molar-refractivity contribution >= 4 is 22.6 Å². The van der Waals surface area contributed by atoms with Gasteiger partial charge in [0, 0.05) is 18.0 Å². The first-order valence-corrected chi connectivity index (χ1v) is 7.25. The summed E-state index contributed by atoms with van der Waals surface area (Å²) in [7, 11) is 0. The first-order valence-electron chi connectivity index (χ1n) is 6.27. The number of rotatable bonds is 1. The summed E-state index contributed by atoms with van der Waals surface area (Å²) in [5.41, 5.74) is -0.936. The van der Waals surface area contributed by atoms with Crippen LogP contribution in [0.1, 0.15) is 25.0 Å². The first-order chi connectivity index (χ1) is 9.71. The van der Waals surface area contributed by atoms with Crippen molar-refractivity contribution in [3.05, 3.63) is 29.3 Å². The Hall–Kier alpha value is -1.68. The normalized spacial score (nSPS) is 17.8. The van der Waals surface area contributed by atoms with Crippen molar-refractivity contribution in [2.24, 2.45) is 10.4 Å². The molecule has 0 saturated carbocycles. The molecular weight excluding hydrogens is 299 g/mol. The van der Waals surface area contributed by atoms with Crippen molar-refractivity contribution in [2.45, 2.75) is 20.0 Å². The number of amidine groups is 1. The zero-order valence-corrected chi connectivity index (χ0v) is 12.4. The summed E-state index contributed by atoms with van der Waals surface area (Å²) in [5.74, 6) is 0.848. The lowest BCUT2D eigenvalue weighted by molar-refractivity contribution is -0.137. The average Bonchev–Trinajstić information content (AvgIpc) is 2.40. The SMILES string of the molecule is CC1(C)CN=C(Nc2ccc(C#N)c(C(F)(F)F)c2)SC1. The number of alkyl halides is 3. The zero-order chi connectivity index (χ0) is 15.7. The van der Waals surface area contributed by atoms with E-state index in [-0.39, 0.29) is 16.7 Å². The Morgan fingerprint density at radius 1 is 1.38 bits per heavy atom. The van der Waals surface area contributed by atoms with Crippen LogP contribution in [0, 0.1) is 16.7 Å². The van der Waals surface area contributed by atoms with Crippen LogP contribution in [0.3, 0.4) is 0 Å². The van der Waals surface area contributed by atoms with Gasteiger partial charge in [-0.2, -0.15) is 18.4 Å². The maximum absolute atomic E-state index is 12.9. The number of nitriles is 1. The predicted octanol–water partition coefficient (Wildman–Crippen LogP) is 4.12. The number of nitrogens with one attached hydrogen (secondary N) is 1. The predicted molar refractivity (Wildman–Crippen MR) is 78.3 cm³/mol. The number of hydrogen-bond acceptors (Lipinski definition) is 4. The van der Waals surface area contributed by atoms with Gasteiger partial charge in [0.1, 0.15) is 0 Å². The summed E-state index contributed by atoms with van der Waals surface area (Å²) in [6.07, 6.45) is -4.55. The van der Waals surface area contributed by atoms with Crippen LogP contribution in [0.25, 0.3) is 0 Å². The molecule has 0 fully saturated rings. The second-order valence-corrected chi connectivity index (χ2v) is 6.53. The second kappa shape index (κ2) is 5.60. The van der Waals surface area contributed by atoms with E-state index >= 15 is 0 Å². The van der Waals surface area contributed by atoms with Crippen LogP contribution in [-0.4, -0.2) is 17.5 Å². The molecule has 1 aromatic rings. The maximum Gasteiger partial charge on any atom is 0.417 e. The zero-order valence-electron chi connectivity index (χ0n) is 11.6. The molecule has 0 unspecified atom stereocenters. The number of benzene rings is 1. The molecule has 21 heavy (non-hydrogen) atoms. The van der Waals surface area contributed by atoms with E-state index in [0.717, 1.165) is 11.8 Å². The fraction of sp³-hybridized carbons (Fsp3) is 0.429. The molecule has 0 atom stereocenters. The van der Waals surface area contributed by atoms with Crippen LogP contribution in [0.4, 0.5) is 18.9 Å². The molecule has 0 saturated heterocycles. The van der Waals surface area contributed by atoms with Crippen LogP contribution in [-0.2, 0) is 6.18 Å². The topological polar surface area (TPSA) is 48.2 Å². The Labute approximate surface area is 125 Å². The van der Waals surface area contributed by atoms with Crippen molar-refractivity contribution in [2.75, 3.05) is 17.6 Å². The molecule has 112 valence electrons. The molecule has 0 aliphatic carbocycles. The quantitative estimate of drug-likeness (QED) is 0.848. The van der Waals surface area contributed by atoms with Crippen LogP contribution in [0.5, 0.6) is 0 Å². The third kappa shape index (κ3) is 3.91. The second-order valence-electron chi connectivity index (χ2n) is 5.57. The number of anilines is 1. The third-order valence-electron chi connectivity index (χ3n) is 2.95. The van der Waals surface area contributed by atoms with Crippen molar-refractivity contribution < 1.29 is 13.2 Å². The van der Waals surface area contributed by atoms with Gasteiger partial charge < -0.3 is 5.32 Å². The summed E-state index contributed by atoms with van der Waals surface area (Å²) in [5, 5.41) is 12.2. The van der Waals surface area contributed by atoms with E-state index in [1.165, 1.54) is 23.9 Å². The standard InChI is InChI=1S/C14H14F3N3S/c1-13(2)7-19-12(21-8-13)20-10-4-3-9(6-18)11(5-10)14(15,16)17/h3-5H,7-8H2,1-2H3,(H,19,20). The van der Waals surface area contributed by atoms with Gasteiger partial charge in [-0.25, -0.2) is 0 Å². The molecule has 0 spiro atoms. The van der Waals surface area contributed by atoms with Crippen molar-refractivity contribution in [1.29, 1.82) is 5.26 Å². The number of thioether (sulfide) groups is 1. The van der Waals surface area contributed by atoms with Gasteiger partial charge in [-0.05, 0) is 23.6 Å². The van der Waals surface area contributed by atoms with Gasteiger partial charge in [-0.1, -0.05) is 25.6 Å². The highest BCUT2D eigenvalue weighted by atomic mass is 32.2.